The summed E-state index contributed by atoms with van der Waals surface area (Å²) in [7, 11) is -8.08. The minimum absolute atomic E-state index is 0. The SMILES string of the molecule is O=C1c2ccccc2S(=O)(=O)N1CCCS(=O)(=O)O.[K]. The number of benzene rings is 1. The number of nitrogens with zero attached hydrogens (tertiary/aromatic N) is 1. The Balaban J connectivity index is 0.00000200. The number of sulfonamides is 1. The van der Waals surface area contributed by atoms with Crippen LogP contribution in [-0.2, 0) is 20.1 Å². The summed E-state index contributed by atoms with van der Waals surface area (Å²) in [5.41, 5.74) is 0.0781. The molecule has 10 heteroatoms. The van der Waals surface area contributed by atoms with Crippen LogP contribution in [0.3, 0.4) is 0 Å². The zero-order valence-corrected chi connectivity index (χ0v) is 15.4. The van der Waals surface area contributed by atoms with E-state index < -0.39 is 31.8 Å². The quantitative estimate of drug-likeness (QED) is 0.595. The molecule has 0 bridgehead atoms. The maximum Gasteiger partial charge on any atom is 0.269 e. The van der Waals surface area contributed by atoms with Crippen molar-refractivity contribution >= 4 is 77.4 Å². The molecule has 0 aromatic heterocycles. The van der Waals surface area contributed by atoms with E-state index in [0.717, 1.165) is 0 Å². The molecule has 1 amide bonds. The van der Waals surface area contributed by atoms with Crippen LogP contribution in [0.1, 0.15) is 16.8 Å². The number of carbonyl (C=O) groups excluding carboxylic acids is 1. The van der Waals surface area contributed by atoms with Gasteiger partial charge in [0.15, 0.2) is 0 Å². The van der Waals surface area contributed by atoms with Gasteiger partial charge in [0.05, 0.1) is 11.3 Å². The van der Waals surface area contributed by atoms with Crippen LogP contribution < -0.4 is 0 Å². The predicted molar refractivity (Wildman–Crippen MR) is 71.5 cm³/mol. The molecule has 0 atom stereocenters. The van der Waals surface area contributed by atoms with Crippen LogP contribution in [0.2, 0.25) is 0 Å². The third-order valence-electron chi connectivity index (χ3n) is 2.68. The second-order valence-corrected chi connectivity index (χ2v) is 7.42. The molecule has 1 aliphatic rings. The Kier molecular flexibility index (Phi) is 5.95. The molecule has 1 aliphatic heterocycles. The summed E-state index contributed by atoms with van der Waals surface area (Å²) in [6.07, 6.45) is -0.155. The van der Waals surface area contributed by atoms with Crippen molar-refractivity contribution in [1.82, 2.24) is 4.31 Å². The topological polar surface area (TPSA) is 109 Å². The van der Waals surface area contributed by atoms with E-state index in [9.17, 15) is 21.6 Å². The zero-order valence-electron chi connectivity index (χ0n) is 10.7. The first-order chi connectivity index (χ1) is 8.73. The zero-order chi connectivity index (χ0) is 14.3. The molecule has 0 unspecified atom stereocenters. The summed E-state index contributed by atoms with van der Waals surface area (Å²) in [4.78, 5) is 11.8. The van der Waals surface area contributed by atoms with E-state index in [2.05, 4.69) is 0 Å². The largest absolute Gasteiger partial charge is 0.286 e. The van der Waals surface area contributed by atoms with Crippen molar-refractivity contribution < 1.29 is 26.2 Å². The molecular weight excluding hydrogens is 333 g/mol. The van der Waals surface area contributed by atoms with E-state index in [1.54, 1.807) is 6.07 Å². The van der Waals surface area contributed by atoms with Crippen molar-refractivity contribution in [2.45, 2.75) is 11.3 Å². The van der Waals surface area contributed by atoms with Crippen LogP contribution >= 0.6 is 0 Å². The minimum Gasteiger partial charge on any atom is -0.286 e. The van der Waals surface area contributed by atoms with E-state index in [-0.39, 0.29) is 74.8 Å². The van der Waals surface area contributed by atoms with Gasteiger partial charge in [-0.2, -0.15) is 8.42 Å². The van der Waals surface area contributed by atoms with Crippen molar-refractivity contribution in [3.63, 3.8) is 0 Å². The molecule has 1 heterocycles. The van der Waals surface area contributed by atoms with E-state index in [1.807, 2.05) is 0 Å². The van der Waals surface area contributed by atoms with Crippen molar-refractivity contribution in [1.29, 1.82) is 0 Å². The average molecular weight is 344 g/mol. The molecule has 1 aromatic carbocycles. The third kappa shape index (κ3) is 3.68. The molecule has 1 N–H and O–H groups in total. The molecule has 0 aliphatic carbocycles. The minimum atomic E-state index is -4.17. The molecule has 0 fully saturated rings. The van der Waals surface area contributed by atoms with Gasteiger partial charge in [0.2, 0.25) is 0 Å². The van der Waals surface area contributed by atoms with Crippen molar-refractivity contribution in [3.8, 4) is 0 Å². The molecule has 0 spiro atoms. The first-order valence-corrected chi connectivity index (χ1v) is 8.40. The van der Waals surface area contributed by atoms with E-state index in [4.69, 9.17) is 4.55 Å². The van der Waals surface area contributed by atoms with Gasteiger partial charge in [-0.3, -0.25) is 9.35 Å². The Morgan fingerprint density at radius 2 is 1.80 bits per heavy atom. The Labute approximate surface area is 159 Å². The molecule has 105 valence electrons. The Bertz CT molecular complexity index is 728. The predicted octanol–water partition coefficient (Wildman–Crippen LogP) is -0.272. The van der Waals surface area contributed by atoms with E-state index >= 15 is 0 Å². The summed E-state index contributed by atoms with van der Waals surface area (Å²) in [5.74, 6) is -1.27. The molecular formula is C10H11KNO6S2. The van der Waals surface area contributed by atoms with Crippen LogP contribution in [0, 0.1) is 0 Å². The number of hydrogen-bond acceptors (Lipinski definition) is 5. The molecule has 2 rings (SSSR count). The fourth-order valence-electron chi connectivity index (χ4n) is 1.84. The summed E-state index contributed by atoms with van der Waals surface area (Å²) in [6.45, 7) is -0.282. The van der Waals surface area contributed by atoms with Gasteiger partial charge >= 0.3 is 0 Å². The normalized spacial score (nSPS) is 16.6. The molecule has 0 saturated carbocycles. The van der Waals surface area contributed by atoms with Gasteiger partial charge in [-0.05, 0) is 18.6 Å². The molecule has 20 heavy (non-hydrogen) atoms. The van der Waals surface area contributed by atoms with E-state index in [0.29, 0.717) is 4.31 Å². The van der Waals surface area contributed by atoms with Crippen LogP contribution in [-0.4, -0.2) is 95.3 Å². The fraction of sp³-hybridized carbons (Fsp3) is 0.300. The van der Waals surface area contributed by atoms with Crippen LogP contribution in [0.15, 0.2) is 29.2 Å². The summed E-state index contributed by atoms with van der Waals surface area (Å²) in [5, 5.41) is 0. The second kappa shape index (κ2) is 6.52. The second-order valence-electron chi connectivity index (χ2n) is 4.02. The van der Waals surface area contributed by atoms with Gasteiger partial charge in [0.25, 0.3) is 26.0 Å². The number of amides is 1. The first-order valence-electron chi connectivity index (χ1n) is 5.35. The van der Waals surface area contributed by atoms with Gasteiger partial charge in [0.1, 0.15) is 4.90 Å². The number of rotatable bonds is 4. The molecule has 0 saturated heterocycles. The fourth-order valence-corrected chi connectivity index (χ4v) is 3.94. The van der Waals surface area contributed by atoms with Gasteiger partial charge < -0.3 is 0 Å². The first kappa shape index (κ1) is 18.2. The van der Waals surface area contributed by atoms with Crippen LogP contribution in [0.4, 0.5) is 0 Å². The number of hydrogen-bond donors (Lipinski definition) is 1. The van der Waals surface area contributed by atoms with Crippen LogP contribution in [0.5, 0.6) is 0 Å². The summed E-state index contributed by atoms with van der Waals surface area (Å²) in [6, 6.07) is 5.78. The van der Waals surface area contributed by atoms with E-state index in [1.165, 1.54) is 18.2 Å². The van der Waals surface area contributed by atoms with Gasteiger partial charge in [-0.1, -0.05) is 12.1 Å². The van der Waals surface area contributed by atoms with Gasteiger partial charge in [0, 0.05) is 57.9 Å². The Morgan fingerprint density at radius 1 is 1.20 bits per heavy atom. The van der Waals surface area contributed by atoms with Gasteiger partial charge in [-0.15, -0.1) is 0 Å². The van der Waals surface area contributed by atoms with Crippen molar-refractivity contribution in [2.24, 2.45) is 0 Å². The molecule has 1 radical (unpaired) electrons. The maximum atomic E-state index is 12.0. The van der Waals surface area contributed by atoms with Crippen molar-refractivity contribution in [3.05, 3.63) is 29.8 Å². The number of carbonyl (C=O) groups is 1. The standard InChI is InChI=1S/C10H11NO6S2.K/c12-10-8-4-1-2-5-9(8)19(16,17)11(10)6-3-7-18(13,14)15;/h1-2,4-5H,3,6-7H2,(H,13,14,15);. The summed E-state index contributed by atoms with van der Waals surface area (Å²) < 4.78 is 54.4. The smallest absolute Gasteiger partial charge is 0.269 e. The Morgan fingerprint density at radius 3 is 2.35 bits per heavy atom. The molecule has 1 aromatic rings. The van der Waals surface area contributed by atoms with Gasteiger partial charge in [-0.25, -0.2) is 12.7 Å². The Hall–Kier alpha value is 0.186. The summed E-state index contributed by atoms with van der Waals surface area (Å²) >= 11 is 0. The number of fused-ring (bicyclic) bond motifs is 1. The average Bonchev–Trinajstić information content (AvgIpc) is 2.49. The third-order valence-corrected chi connectivity index (χ3v) is 5.32. The van der Waals surface area contributed by atoms with Crippen LogP contribution in [0.25, 0.3) is 0 Å². The van der Waals surface area contributed by atoms with Crippen molar-refractivity contribution in [2.75, 3.05) is 12.3 Å². The monoisotopic (exact) mass is 344 g/mol. The maximum absolute atomic E-state index is 12.0. The molecule has 7 nitrogen and oxygen atoms in total.